The highest BCUT2D eigenvalue weighted by atomic mass is 16.2. The first-order chi connectivity index (χ1) is 9.99. The number of rotatable bonds is 5. The van der Waals surface area contributed by atoms with Gasteiger partial charge in [0.25, 0.3) is 0 Å². The summed E-state index contributed by atoms with van der Waals surface area (Å²) in [4.78, 5) is 23.3. The highest BCUT2D eigenvalue weighted by molar-refractivity contribution is 5.86. The van der Waals surface area contributed by atoms with Gasteiger partial charge in [-0.15, -0.1) is 10.2 Å². The third-order valence-electron chi connectivity index (χ3n) is 3.11. The van der Waals surface area contributed by atoms with E-state index in [4.69, 9.17) is 0 Å². The Hall–Kier alpha value is -2.44. The largest absolute Gasteiger partial charge is 0.347 e. The summed E-state index contributed by atoms with van der Waals surface area (Å²) in [6.07, 6.45) is 1.84. The number of fused-ring (bicyclic) bond motifs is 1. The van der Waals surface area contributed by atoms with Crippen LogP contribution < -0.4 is 10.6 Å². The van der Waals surface area contributed by atoms with Crippen LogP contribution in [0.4, 0.5) is 0 Å². The third-order valence-corrected chi connectivity index (χ3v) is 3.11. The van der Waals surface area contributed by atoms with Crippen molar-refractivity contribution in [2.45, 2.75) is 33.4 Å². The average Bonchev–Trinajstić information content (AvgIpc) is 2.85. The first-order valence-electron chi connectivity index (χ1n) is 6.82. The van der Waals surface area contributed by atoms with Crippen molar-refractivity contribution in [3.8, 4) is 0 Å². The molecule has 7 nitrogen and oxygen atoms in total. The van der Waals surface area contributed by atoms with E-state index < -0.39 is 6.04 Å². The van der Waals surface area contributed by atoms with E-state index in [1.807, 2.05) is 42.6 Å². The molecule has 1 unspecified atom stereocenters. The smallest absolute Gasteiger partial charge is 0.243 e. The molecule has 2 heterocycles. The molecule has 2 amide bonds. The first-order valence-corrected chi connectivity index (χ1v) is 6.82. The maximum atomic E-state index is 12.2. The summed E-state index contributed by atoms with van der Waals surface area (Å²) in [5, 5.41) is 13.5. The Bertz CT molecular complexity index is 650. The van der Waals surface area contributed by atoms with E-state index in [9.17, 15) is 9.59 Å². The minimum atomic E-state index is -0.554. The minimum Gasteiger partial charge on any atom is -0.347 e. The lowest BCUT2D eigenvalue weighted by Crippen LogP contribution is -2.49. The van der Waals surface area contributed by atoms with Crippen LogP contribution in [0.2, 0.25) is 0 Å². The van der Waals surface area contributed by atoms with Gasteiger partial charge in [-0.2, -0.15) is 0 Å². The van der Waals surface area contributed by atoms with Crippen molar-refractivity contribution in [2.75, 3.05) is 0 Å². The molecule has 0 aliphatic carbocycles. The van der Waals surface area contributed by atoms with Gasteiger partial charge >= 0.3 is 0 Å². The van der Waals surface area contributed by atoms with Gasteiger partial charge in [0.2, 0.25) is 11.8 Å². The zero-order chi connectivity index (χ0) is 15.4. The summed E-state index contributed by atoms with van der Waals surface area (Å²) in [7, 11) is 0. The Balaban J connectivity index is 2.04. The second kappa shape index (κ2) is 6.34. The van der Waals surface area contributed by atoms with E-state index in [1.54, 1.807) is 0 Å². The standard InChI is InChI=1S/C14H19N5O2/c1-9(2)13(16-10(3)20)14(21)15-8-12-18-17-11-6-4-5-7-19(11)12/h4-7,9,13H,8H2,1-3H3,(H,15,21)(H,16,20). The van der Waals surface area contributed by atoms with Gasteiger partial charge in [-0.25, -0.2) is 0 Å². The molecule has 2 N–H and O–H groups in total. The number of carbonyl (C=O) groups excluding carboxylic acids is 2. The molecule has 0 fully saturated rings. The molecule has 0 saturated heterocycles. The molecule has 0 radical (unpaired) electrons. The summed E-state index contributed by atoms with van der Waals surface area (Å²) >= 11 is 0. The molecular weight excluding hydrogens is 270 g/mol. The highest BCUT2D eigenvalue weighted by Crippen LogP contribution is 2.04. The molecule has 7 heteroatoms. The van der Waals surface area contributed by atoms with Gasteiger partial charge in [0.05, 0.1) is 6.54 Å². The van der Waals surface area contributed by atoms with Crippen LogP contribution in [-0.2, 0) is 16.1 Å². The fourth-order valence-corrected chi connectivity index (χ4v) is 2.04. The van der Waals surface area contributed by atoms with Gasteiger partial charge in [0.15, 0.2) is 11.5 Å². The lowest BCUT2D eigenvalue weighted by atomic mass is 10.0. The van der Waals surface area contributed by atoms with Gasteiger partial charge in [-0.05, 0) is 18.1 Å². The quantitative estimate of drug-likeness (QED) is 0.839. The van der Waals surface area contributed by atoms with Crippen molar-refractivity contribution in [3.05, 3.63) is 30.2 Å². The molecule has 0 aromatic carbocycles. The second-order valence-electron chi connectivity index (χ2n) is 5.19. The summed E-state index contributed by atoms with van der Waals surface area (Å²) in [5.74, 6) is 0.193. The van der Waals surface area contributed by atoms with Crippen LogP contribution in [0.3, 0.4) is 0 Å². The van der Waals surface area contributed by atoms with Crippen molar-refractivity contribution >= 4 is 17.5 Å². The Morgan fingerprint density at radius 2 is 2.05 bits per heavy atom. The molecule has 0 saturated carbocycles. The lowest BCUT2D eigenvalue weighted by molar-refractivity contribution is -0.129. The van der Waals surface area contributed by atoms with E-state index in [0.717, 1.165) is 5.65 Å². The number of carbonyl (C=O) groups is 2. The highest BCUT2D eigenvalue weighted by Gasteiger charge is 2.23. The molecule has 1 atom stereocenters. The van der Waals surface area contributed by atoms with Crippen molar-refractivity contribution in [2.24, 2.45) is 5.92 Å². The number of nitrogens with one attached hydrogen (secondary N) is 2. The molecule has 0 aliphatic rings. The van der Waals surface area contributed by atoms with Crippen LogP contribution in [0, 0.1) is 5.92 Å². The number of pyridine rings is 1. The topological polar surface area (TPSA) is 88.4 Å². The molecule has 21 heavy (non-hydrogen) atoms. The van der Waals surface area contributed by atoms with Crippen molar-refractivity contribution in [1.82, 2.24) is 25.2 Å². The maximum absolute atomic E-state index is 12.2. The zero-order valence-corrected chi connectivity index (χ0v) is 12.3. The van der Waals surface area contributed by atoms with Crippen LogP contribution in [-0.4, -0.2) is 32.5 Å². The van der Waals surface area contributed by atoms with Crippen molar-refractivity contribution in [3.63, 3.8) is 0 Å². The Morgan fingerprint density at radius 3 is 2.71 bits per heavy atom. The van der Waals surface area contributed by atoms with Crippen LogP contribution >= 0.6 is 0 Å². The normalized spacial score (nSPS) is 12.4. The SMILES string of the molecule is CC(=O)NC(C(=O)NCc1nnc2ccccn12)C(C)C. The van der Waals surface area contributed by atoms with E-state index in [-0.39, 0.29) is 24.3 Å². The predicted octanol–water partition coefficient (Wildman–Crippen LogP) is 0.506. The van der Waals surface area contributed by atoms with Gasteiger partial charge in [-0.3, -0.25) is 14.0 Å². The monoisotopic (exact) mass is 289 g/mol. The number of aromatic nitrogens is 3. The fraction of sp³-hybridized carbons (Fsp3) is 0.429. The predicted molar refractivity (Wildman–Crippen MR) is 77.3 cm³/mol. The molecule has 112 valence electrons. The molecule has 2 rings (SSSR count). The minimum absolute atomic E-state index is 0.00374. The van der Waals surface area contributed by atoms with E-state index >= 15 is 0 Å². The molecular formula is C14H19N5O2. The van der Waals surface area contributed by atoms with Crippen LogP contribution in [0.15, 0.2) is 24.4 Å². The fourth-order valence-electron chi connectivity index (χ4n) is 2.04. The van der Waals surface area contributed by atoms with Crippen molar-refractivity contribution in [1.29, 1.82) is 0 Å². The lowest BCUT2D eigenvalue weighted by Gasteiger charge is -2.20. The summed E-state index contributed by atoms with van der Waals surface area (Å²) in [6.45, 7) is 5.42. The summed E-state index contributed by atoms with van der Waals surface area (Å²) in [6, 6.07) is 5.03. The zero-order valence-electron chi connectivity index (χ0n) is 12.3. The molecule has 2 aromatic rings. The number of amides is 2. The Kier molecular flexibility index (Phi) is 4.52. The Morgan fingerprint density at radius 1 is 1.29 bits per heavy atom. The van der Waals surface area contributed by atoms with Gasteiger partial charge in [0.1, 0.15) is 6.04 Å². The third kappa shape index (κ3) is 3.56. The van der Waals surface area contributed by atoms with Gasteiger partial charge < -0.3 is 10.6 Å². The Labute approximate surface area is 122 Å². The summed E-state index contributed by atoms with van der Waals surface area (Å²) < 4.78 is 1.81. The van der Waals surface area contributed by atoms with Crippen LogP contribution in [0.25, 0.3) is 5.65 Å². The van der Waals surface area contributed by atoms with Gasteiger partial charge in [-0.1, -0.05) is 19.9 Å². The number of hydrogen-bond donors (Lipinski definition) is 2. The van der Waals surface area contributed by atoms with E-state index in [1.165, 1.54) is 6.92 Å². The maximum Gasteiger partial charge on any atom is 0.243 e. The summed E-state index contributed by atoms with van der Waals surface area (Å²) in [5.41, 5.74) is 0.726. The molecule has 0 aliphatic heterocycles. The first kappa shape index (κ1) is 15.0. The van der Waals surface area contributed by atoms with Crippen LogP contribution in [0.1, 0.15) is 26.6 Å². The average molecular weight is 289 g/mol. The van der Waals surface area contributed by atoms with E-state index in [0.29, 0.717) is 5.82 Å². The number of nitrogens with zero attached hydrogens (tertiary/aromatic N) is 3. The van der Waals surface area contributed by atoms with Crippen LogP contribution in [0.5, 0.6) is 0 Å². The van der Waals surface area contributed by atoms with Crippen molar-refractivity contribution < 1.29 is 9.59 Å². The molecule has 0 bridgehead atoms. The number of hydrogen-bond acceptors (Lipinski definition) is 4. The second-order valence-corrected chi connectivity index (χ2v) is 5.19. The molecule has 2 aromatic heterocycles. The molecule has 0 spiro atoms. The van der Waals surface area contributed by atoms with E-state index in [2.05, 4.69) is 20.8 Å². The van der Waals surface area contributed by atoms with Gasteiger partial charge in [0, 0.05) is 13.1 Å².